The van der Waals surface area contributed by atoms with E-state index < -0.39 is 28.1 Å². The second kappa shape index (κ2) is 5.46. The first-order valence-electron chi connectivity index (χ1n) is 5.14. The number of sulfone groups is 1. The number of amides is 1. The van der Waals surface area contributed by atoms with Crippen LogP contribution in [0.5, 0.6) is 0 Å². The van der Waals surface area contributed by atoms with Gasteiger partial charge in [-0.25, -0.2) is 8.42 Å². The molecular weight excluding hydrogens is 218 g/mol. The Kier molecular flexibility index (Phi) is 4.53. The molecule has 0 bridgehead atoms. The third kappa shape index (κ3) is 4.61. The molecule has 0 heterocycles. The maximum absolute atomic E-state index is 11.3. The van der Waals surface area contributed by atoms with E-state index in [1.807, 2.05) is 0 Å². The number of aliphatic hydroxyl groups excluding tert-OH is 1. The lowest BCUT2D eigenvalue weighted by atomic mass is 10.2. The highest BCUT2D eigenvalue weighted by Gasteiger charge is 2.21. The number of hydrogen-bond donors (Lipinski definition) is 2. The summed E-state index contributed by atoms with van der Waals surface area (Å²) in [5.74, 6) is -1.30. The highest BCUT2D eigenvalue weighted by atomic mass is 32.2. The number of aliphatic hydroxyl groups is 1. The average Bonchev–Trinajstić information content (AvgIpc) is 2.54. The Labute approximate surface area is 89.8 Å². The fourth-order valence-corrected chi connectivity index (χ4v) is 2.66. The van der Waals surface area contributed by atoms with Crippen LogP contribution in [0.3, 0.4) is 0 Å². The molecule has 0 spiro atoms. The molecular formula is C9H17NO4S. The van der Waals surface area contributed by atoms with Crippen LogP contribution in [0.15, 0.2) is 0 Å². The van der Waals surface area contributed by atoms with Crippen molar-refractivity contribution in [1.29, 1.82) is 0 Å². The lowest BCUT2D eigenvalue weighted by Gasteiger charge is -2.11. The van der Waals surface area contributed by atoms with Gasteiger partial charge >= 0.3 is 0 Å². The maximum Gasteiger partial charge on any atom is 0.235 e. The fourth-order valence-electron chi connectivity index (χ4n) is 1.75. The zero-order valence-corrected chi connectivity index (χ0v) is 9.42. The topological polar surface area (TPSA) is 83.5 Å². The van der Waals surface area contributed by atoms with Gasteiger partial charge in [0.05, 0.1) is 12.4 Å². The lowest BCUT2D eigenvalue weighted by molar-refractivity contribution is -0.119. The SMILES string of the molecule is O=C(CS(=O)(=O)CCO)NC1CCCC1. The molecule has 1 aliphatic rings. The van der Waals surface area contributed by atoms with Crippen LogP contribution >= 0.6 is 0 Å². The predicted molar refractivity (Wildman–Crippen MR) is 56.1 cm³/mol. The second-order valence-corrected chi connectivity index (χ2v) is 6.05. The Bertz CT molecular complexity index is 306. The quantitative estimate of drug-likeness (QED) is 0.670. The van der Waals surface area contributed by atoms with Crippen LogP contribution in [-0.4, -0.2) is 43.6 Å². The van der Waals surface area contributed by atoms with Gasteiger partial charge in [-0.3, -0.25) is 4.79 Å². The van der Waals surface area contributed by atoms with E-state index in [4.69, 9.17) is 5.11 Å². The molecule has 0 atom stereocenters. The van der Waals surface area contributed by atoms with Gasteiger partial charge < -0.3 is 10.4 Å². The lowest BCUT2D eigenvalue weighted by Crippen LogP contribution is -2.37. The van der Waals surface area contributed by atoms with Gasteiger partial charge in [0.15, 0.2) is 9.84 Å². The van der Waals surface area contributed by atoms with Crippen molar-refractivity contribution in [3.8, 4) is 0 Å². The molecule has 1 saturated carbocycles. The summed E-state index contributed by atoms with van der Waals surface area (Å²) in [5.41, 5.74) is 0. The van der Waals surface area contributed by atoms with E-state index in [-0.39, 0.29) is 11.8 Å². The summed E-state index contributed by atoms with van der Waals surface area (Å²) in [6.45, 7) is -0.432. The van der Waals surface area contributed by atoms with Gasteiger partial charge in [-0.05, 0) is 12.8 Å². The van der Waals surface area contributed by atoms with E-state index in [0.29, 0.717) is 0 Å². The molecule has 0 unspecified atom stereocenters. The van der Waals surface area contributed by atoms with Crippen LogP contribution < -0.4 is 5.32 Å². The van der Waals surface area contributed by atoms with Crippen LogP contribution in [0.2, 0.25) is 0 Å². The van der Waals surface area contributed by atoms with Crippen molar-refractivity contribution in [3.63, 3.8) is 0 Å². The fraction of sp³-hybridized carbons (Fsp3) is 0.889. The van der Waals surface area contributed by atoms with Crippen molar-refractivity contribution in [3.05, 3.63) is 0 Å². The zero-order valence-electron chi connectivity index (χ0n) is 8.61. The molecule has 1 fully saturated rings. The third-order valence-electron chi connectivity index (χ3n) is 2.47. The average molecular weight is 235 g/mol. The minimum absolute atomic E-state index is 0.141. The Morgan fingerprint density at radius 3 is 2.47 bits per heavy atom. The standard InChI is InChI=1S/C9H17NO4S/c11-5-6-15(13,14)7-9(12)10-8-3-1-2-4-8/h8,11H,1-7H2,(H,10,12). The number of carbonyl (C=O) groups is 1. The van der Waals surface area contributed by atoms with Crippen molar-refractivity contribution in [2.45, 2.75) is 31.7 Å². The van der Waals surface area contributed by atoms with Crippen LogP contribution in [0.25, 0.3) is 0 Å². The van der Waals surface area contributed by atoms with Gasteiger partial charge in [-0.1, -0.05) is 12.8 Å². The highest BCUT2D eigenvalue weighted by Crippen LogP contribution is 2.17. The first-order valence-corrected chi connectivity index (χ1v) is 6.96. The molecule has 6 heteroatoms. The molecule has 0 radical (unpaired) electrons. The highest BCUT2D eigenvalue weighted by molar-refractivity contribution is 7.92. The summed E-state index contributed by atoms with van der Waals surface area (Å²) in [4.78, 5) is 11.3. The third-order valence-corrected chi connectivity index (χ3v) is 3.98. The molecule has 0 aromatic rings. The Hall–Kier alpha value is -0.620. The molecule has 15 heavy (non-hydrogen) atoms. The number of carbonyl (C=O) groups excluding carboxylic acids is 1. The van der Waals surface area contributed by atoms with Gasteiger partial charge in [0.2, 0.25) is 5.91 Å². The van der Waals surface area contributed by atoms with Crippen molar-refractivity contribution in [2.24, 2.45) is 0 Å². The molecule has 0 aliphatic heterocycles. The van der Waals surface area contributed by atoms with E-state index in [0.717, 1.165) is 25.7 Å². The molecule has 5 nitrogen and oxygen atoms in total. The van der Waals surface area contributed by atoms with Gasteiger partial charge in [0.25, 0.3) is 0 Å². The predicted octanol–water partition coefficient (Wildman–Crippen LogP) is -0.548. The molecule has 2 N–H and O–H groups in total. The van der Waals surface area contributed by atoms with E-state index >= 15 is 0 Å². The summed E-state index contributed by atoms with van der Waals surface area (Å²) < 4.78 is 22.4. The van der Waals surface area contributed by atoms with Crippen LogP contribution in [0.4, 0.5) is 0 Å². The molecule has 0 aromatic heterocycles. The summed E-state index contributed by atoms with van der Waals surface area (Å²) >= 11 is 0. The molecule has 88 valence electrons. The van der Waals surface area contributed by atoms with Crippen molar-refractivity contribution in [1.82, 2.24) is 5.32 Å². The van der Waals surface area contributed by atoms with Crippen LogP contribution in [0.1, 0.15) is 25.7 Å². The Morgan fingerprint density at radius 2 is 1.93 bits per heavy atom. The summed E-state index contributed by atoms with van der Waals surface area (Å²) in [7, 11) is -3.43. The number of nitrogens with one attached hydrogen (secondary N) is 1. The van der Waals surface area contributed by atoms with Crippen molar-refractivity contribution in [2.75, 3.05) is 18.1 Å². The number of rotatable bonds is 5. The second-order valence-electron chi connectivity index (χ2n) is 3.86. The smallest absolute Gasteiger partial charge is 0.235 e. The van der Waals surface area contributed by atoms with Gasteiger partial charge in [-0.15, -0.1) is 0 Å². The van der Waals surface area contributed by atoms with Gasteiger partial charge in [0.1, 0.15) is 5.75 Å². The van der Waals surface area contributed by atoms with E-state index in [1.165, 1.54) is 0 Å². The Balaban J connectivity index is 2.34. The molecule has 0 aromatic carbocycles. The van der Waals surface area contributed by atoms with E-state index in [9.17, 15) is 13.2 Å². The first kappa shape index (κ1) is 12.4. The summed E-state index contributed by atoms with van der Waals surface area (Å²) in [6.07, 6.45) is 4.06. The minimum atomic E-state index is -3.43. The largest absolute Gasteiger partial charge is 0.395 e. The summed E-state index contributed by atoms with van der Waals surface area (Å²) in [6, 6.07) is 0.141. The minimum Gasteiger partial charge on any atom is -0.395 e. The molecule has 0 saturated heterocycles. The normalized spacial score (nSPS) is 17.9. The maximum atomic E-state index is 11.3. The van der Waals surface area contributed by atoms with Gasteiger partial charge in [-0.2, -0.15) is 0 Å². The van der Waals surface area contributed by atoms with Crippen molar-refractivity contribution < 1.29 is 18.3 Å². The van der Waals surface area contributed by atoms with Crippen molar-refractivity contribution >= 4 is 15.7 Å². The van der Waals surface area contributed by atoms with E-state index in [1.54, 1.807) is 0 Å². The molecule has 1 rings (SSSR count). The molecule has 1 amide bonds. The van der Waals surface area contributed by atoms with Crippen LogP contribution in [-0.2, 0) is 14.6 Å². The monoisotopic (exact) mass is 235 g/mol. The van der Waals surface area contributed by atoms with Crippen LogP contribution in [0, 0.1) is 0 Å². The van der Waals surface area contributed by atoms with E-state index in [2.05, 4.69) is 5.32 Å². The molecule has 1 aliphatic carbocycles. The summed E-state index contributed by atoms with van der Waals surface area (Å²) in [5, 5.41) is 11.2. The first-order chi connectivity index (χ1) is 7.03. The Morgan fingerprint density at radius 1 is 1.33 bits per heavy atom. The number of hydrogen-bond acceptors (Lipinski definition) is 4. The zero-order chi connectivity index (χ0) is 11.3. The van der Waals surface area contributed by atoms with Gasteiger partial charge in [0, 0.05) is 6.04 Å².